The molecule has 4 aromatic rings. The fourth-order valence-electron chi connectivity index (χ4n) is 3.91. The van der Waals surface area contributed by atoms with Gasteiger partial charge in [0.2, 0.25) is 5.91 Å². The second-order valence-corrected chi connectivity index (χ2v) is 8.61. The van der Waals surface area contributed by atoms with E-state index in [1.165, 1.54) is 23.4 Å². The molecule has 0 atom stereocenters. The van der Waals surface area contributed by atoms with Gasteiger partial charge in [0, 0.05) is 17.9 Å². The predicted octanol–water partition coefficient (Wildman–Crippen LogP) is 5.06. The lowest BCUT2D eigenvalue weighted by atomic mass is 10.2. The van der Waals surface area contributed by atoms with Crippen molar-refractivity contribution >= 4 is 23.4 Å². The summed E-state index contributed by atoms with van der Waals surface area (Å²) in [6.45, 7) is 2.69. The fraction of sp³-hybridized carbons (Fsp3) is 0.160. The Hall–Kier alpha value is -3.45. The van der Waals surface area contributed by atoms with E-state index in [0.717, 1.165) is 23.4 Å². The molecule has 2 heterocycles. The van der Waals surface area contributed by atoms with Crippen LogP contribution in [0.15, 0.2) is 78.0 Å². The van der Waals surface area contributed by atoms with Gasteiger partial charge < -0.3 is 4.90 Å². The van der Waals surface area contributed by atoms with Crippen molar-refractivity contribution in [3.8, 4) is 17.1 Å². The molecule has 0 bridgehead atoms. The van der Waals surface area contributed by atoms with Crippen molar-refractivity contribution in [2.24, 2.45) is 0 Å². The molecule has 0 aliphatic carbocycles. The first-order valence-corrected chi connectivity index (χ1v) is 11.4. The zero-order chi connectivity index (χ0) is 22.1. The average molecular weight is 445 g/mol. The van der Waals surface area contributed by atoms with Gasteiger partial charge in [-0.05, 0) is 49.2 Å². The predicted molar refractivity (Wildman–Crippen MR) is 125 cm³/mol. The van der Waals surface area contributed by atoms with Gasteiger partial charge in [-0.1, -0.05) is 59.8 Å². The van der Waals surface area contributed by atoms with Crippen LogP contribution in [-0.4, -0.2) is 33.0 Å². The van der Waals surface area contributed by atoms with Crippen LogP contribution in [-0.2, 0) is 11.2 Å². The highest BCUT2D eigenvalue weighted by atomic mass is 32.2. The van der Waals surface area contributed by atoms with Gasteiger partial charge in [-0.25, -0.2) is 4.39 Å². The summed E-state index contributed by atoms with van der Waals surface area (Å²) in [6, 6.07) is 22.4. The Morgan fingerprint density at radius 1 is 1.00 bits per heavy atom. The van der Waals surface area contributed by atoms with Crippen LogP contribution in [0, 0.1) is 12.7 Å². The molecule has 0 saturated carbocycles. The maximum absolute atomic E-state index is 14.6. The normalized spacial score (nSPS) is 12.8. The van der Waals surface area contributed by atoms with Gasteiger partial charge in [0.05, 0.1) is 11.3 Å². The fourth-order valence-corrected chi connectivity index (χ4v) is 4.74. The van der Waals surface area contributed by atoms with Crippen molar-refractivity contribution in [2.45, 2.75) is 18.5 Å². The molecule has 0 fully saturated rings. The van der Waals surface area contributed by atoms with Crippen LogP contribution in [0.25, 0.3) is 17.1 Å². The van der Waals surface area contributed by atoms with Gasteiger partial charge in [-0.15, -0.1) is 10.2 Å². The quantitative estimate of drug-likeness (QED) is 0.404. The number of hydrogen-bond acceptors (Lipinski definition) is 4. The van der Waals surface area contributed by atoms with E-state index < -0.39 is 0 Å². The lowest BCUT2D eigenvalue weighted by Crippen LogP contribution is -2.30. The number of aryl methyl sites for hydroxylation is 1. The van der Waals surface area contributed by atoms with Crippen molar-refractivity contribution in [2.75, 3.05) is 17.2 Å². The van der Waals surface area contributed by atoms with Crippen LogP contribution < -0.4 is 4.90 Å². The number of halogens is 1. The summed E-state index contributed by atoms with van der Waals surface area (Å²) >= 11 is 1.31. The lowest BCUT2D eigenvalue weighted by molar-refractivity contribution is -0.116. The van der Waals surface area contributed by atoms with E-state index in [0.29, 0.717) is 23.1 Å². The first-order valence-electron chi connectivity index (χ1n) is 10.4. The minimum Gasteiger partial charge on any atom is -0.311 e. The first-order chi connectivity index (χ1) is 15.6. The molecule has 32 heavy (non-hydrogen) atoms. The Morgan fingerprint density at radius 2 is 1.75 bits per heavy atom. The van der Waals surface area contributed by atoms with Crippen LogP contribution in [0.2, 0.25) is 0 Å². The molecule has 3 aromatic carbocycles. The number of benzene rings is 3. The number of fused-ring (bicyclic) bond motifs is 1. The zero-order valence-corrected chi connectivity index (χ0v) is 18.3. The number of carbonyl (C=O) groups is 1. The number of aromatic nitrogens is 3. The molecule has 0 N–H and O–H groups in total. The molecule has 7 heteroatoms. The highest BCUT2D eigenvalue weighted by molar-refractivity contribution is 7.99. The van der Waals surface area contributed by atoms with E-state index in [4.69, 9.17) is 0 Å². The van der Waals surface area contributed by atoms with E-state index in [1.54, 1.807) is 18.2 Å². The number of carbonyl (C=O) groups excluding carboxylic acids is 1. The standard InChI is InChI=1S/C25H21FN4OS/c1-17-10-12-19(13-11-17)30-24(20-7-3-4-8-21(20)26)27-28-25(30)32-16-23(31)29-15-14-18-6-2-5-9-22(18)29/h2-13H,14-16H2,1H3. The van der Waals surface area contributed by atoms with Gasteiger partial charge in [-0.3, -0.25) is 9.36 Å². The molecule has 0 unspecified atom stereocenters. The Balaban J connectivity index is 1.46. The van der Waals surface area contributed by atoms with Crippen LogP contribution >= 0.6 is 11.8 Å². The minimum atomic E-state index is -0.366. The molecule has 0 spiro atoms. The Morgan fingerprint density at radius 3 is 2.56 bits per heavy atom. The highest BCUT2D eigenvalue weighted by Gasteiger charge is 2.25. The largest absolute Gasteiger partial charge is 0.311 e. The summed E-state index contributed by atoms with van der Waals surface area (Å²) < 4.78 is 16.4. The van der Waals surface area contributed by atoms with Crippen molar-refractivity contribution in [3.05, 3.63) is 89.7 Å². The van der Waals surface area contributed by atoms with Gasteiger partial charge in [-0.2, -0.15) is 0 Å². The molecule has 160 valence electrons. The molecule has 5 nitrogen and oxygen atoms in total. The van der Waals surface area contributed by atoms with Gasteiger partial charge in [0.25, 0.3) is 0 Å². The summed E-state index contributed by atoms with van der Waals surface area (Å²) in [5.74, 6) is 0.282. The van der Waals surface area contributed by atoms with Crippen molar-refractivity contribution in [3.63, 3.8) is 0 Å². The number of anilines is 1. The topological polar surface area (TPSA) is 51.0 Å². The van der Waals surface area contributed by atoms with E-state index in [-0.39, 0.29) is 17.5 Å². The van der Waals surface area contributed by atoms with Crippen LogP contribution in [0.4, 0.5) is 10.1 Å². The monoisotopic (exact) mass is 444 g/mol. The number of nitrogens with zero attached hydrogens (tertiary/aromatic N) is 4. The number of rotatable bonds is 5. The van der Waals surface area contributed by atoms with E-state index >= 15 is 0 Å². The molecule has 0 radical (unpaired) electrons. The third kappa shape index (κ3) is 3.80. The maximum atomic E-state index is 14.6. The number of amides is 1. The SMILES string of the molecule is Cc1ccc(-n2c(SCC(=O)N3CCc4ccccc43)nnc2-c2ccccc2F)cc1. The molecule has 1 aliphatic heterocycles. The zero-order valence-electron chi connectivity index (χ0n) is 17.5. The lowest BCUT2D eigenvalue weighted by Gasteiger charge is -2.17. The molecular weight excluding hydrogens is 423 g/mol. The minimum absolute atomic E-state index is 0.0193. The molecule has 1 aliphatic rings. The van der Waals surface area contributed by atoms with Crippen molar-refractivity contribution in [1.82, 2.24) is 14.8 Å². The van der Waals surface area contributed by atoms with Crippen LogP contribution in [0.5, 0.6) is 0 Å². The van der Waals surface area contributed by atoms with Gasteiger partial charge in [0.15, 0.2) is 11.0 Å². The smallest absolute Gasteiger partial charge is 0.237 e. The van der Waals surface area contributed by atoms with Gasteiger partial charge >= 0.3 is 0 Å². The molecular formula is C25H21FN4OS. The third-order valence-corrected chi connectivity index (χ3v) is 6.47. The summed E-state index contributed by atoms with van der Waals surface area (Å²) in [5, 5.41) is 9.15. The summed E-state index contributed by atoms with van der Waals surface area (Å²) in [7, 11) is 0. The number of hydrogen-bond donors (Lipinski definition) is 0. The molecule has 1 aromatic heterocycles. The summed E-state index contributed by atoms with van der Waals surface area (Å²) in [6.07, 6.45) is 0.865. The van der Waals surface area contributed by atoms with Crippen LogP contribution in [0.1, 0.15) is 11.1 Å². The molecule has 0 saturated heterocycles. The van der Waals surface area contributed by atoms with E-state index in [1.807, 2.05) is 58.9 Å². The van der Waals surface area contributed by atoms with Crippen molar-refractivity contribution in [1.29, 1.82) is 0 Å². The number of para-hydroxylation sites is 1. The Labute approximate surface area is 189 Å². The number of thioether (sulfide) groups is 1. The van der Waals surface area contributed by atoms with Crippen molar-refractivity contribution < 1.29 is 9.18 Å². The van der Waals surface area contributed by atoms with E-state index in [2.05, 4.69) is 16.3 Å². The second-order valence-electron chi connectivity index (χ2n) is 7.67. The summed E-state index contributed by atoms with van der Waals surface area (Å²) in [4.78, 5) is 14.8. The summed E-state index contributed by atoms with van der Waals surface area (Å²) in [5.41, 5.74) is 4.47. The third-order valence-electron chi connectivity index (χ3n) is 5.55. The Bertz CT molecular complexity index is 1290. The second kappa shape index (κ2) is 8.59. The first kappa shape index (κ1) is 20.5. The maximum Gasteiger partial charge on any atom is 0.237 e. The molecule has 5 rings (SSSR count). The highest BCUT2D eigenvalue weighted by Crippen LogP contribution is 2.31. The van der Waals surface area contributed by atoms with Gasteiger partial charge in [0.1, 0.15) is 5.82 Å². The van der Waals surface area contributed by atoms with Crippen LogP contribution in [0.3, 0.4) is 0 Å². The van der Waals surface area contributed by atoms with E-state index in [9.17, 15) is 9.18 Å². The average Bonchev–Trinajstić information content (AvgIpc) is 3.43. The Kier molecular flexibility index (Phi) is 5.49. The molecule has 1 amide bonds.